The monoisotopic (exact) mass is 225 g/mol. The van der Waals surface area contributed by atoms with Crippen molar-refractivity contribution in [2.75, 3.05) is 32.7 Å². The standard InChI is InChI=1S/C12H23N3O/c1-11(16)10-15-7-3-12(4-8-15)9-14-6-2-5-13/h11-12,14,16H,2-4,6-10H2,1H3. The highest BCUT2D eigenvalue weighted by Gasteiger charge is 2.19. The molecule has 0 amide bonds. The molecule has 92 valence electrons. The van der Waals surface area contributed by atoms with E-state index in [1.807, 2.05) is 6.92 Å². The molecule has 1 aliphatic heterocycles. The fourth-order valence-corrected chi connectivity index (χ4v) is 2.20. The first kappa shape index (κ1) is 13.4. The topological polar surface area (TPSA) is 59.3 Å². The smallest absolute Gasteiger partial charge is 0.0639 e. The molecular formula is C12H23N3O. The number of rotatable bonds is 6. The Kier molecular flexibility index (Phi) is 6.39. The van der Waals surface area contributed by atoms with E-state index < -0.39 is 0 Å². The summed E-state index contributed by atoms with van der Waals surface area (Å²) in [6, 6.07) is 2.14. The number of likely N-dealkylation sites (tertiary alicyclic amines) is 1. The van der Waals surface area contributed by atoms with Gasteiger partial charge in [-0.05, 0) is 45.3 Å². The van der Waals surface area contributed by atoms with Crippen LogP contribution in [0.25, 0.3) is 0 Å². The van der Waals surface area contributed by atoms with Crippen LogP contribution in [0.3, 0.4) is 0 Å². The number of hydrogen-bond donors (Lipinski definition) is 2. The third-order valence-electron chi connectivity index (χ3n) is 3.08. The largest absolute Gasteiger partial charge is 0.392 e. The lowest BCUT2D eigenvalue weighted by atomic mass is 9.96. The van der Waals surface area contributed by atoms with Crippen molar-refractivity contribution in [1.82, 2.24) is 10.2 Å². The molecule has 1 unspecified atom stereocenters. The zero-order valence-corrected chi connectivity index (χ0v) is 10.2. The second kappa shape index (κ2) is 7.61. The minimum atomic E-state index is -0.217. The normalized spacial score (nSPS) is 20.6. The van der Waals surface area contributed by atoms with Gasteiger partial charge in [-0.2, -0.15) is 5.26 Å². The van der Waals surface area contributed by atoms with Gasteiger partial charge >= 0.3 is 0 Å². The Morgan fingerprint density at radius 2 is 2.19 bits per heavy atom. The van der Waals surface area contributed by atoms with Crippen LogP contribution in [0.5, 0.6) is 0 Å². The SMILES string of the molecule is CC(O)CN1CCC(CNCCC#N)CC1. The van der Waals surface area contributed by atoms with Gasteiger partial charge in [-0.1, -0.05) is 0 Å². The zero-order chi connectivity index (χ0) is 11.8. The summed E-state index contributed by atoms with van der Waals surface area (Å²) in [6.45, 7) is 6.67. The van der Waals surface area contributed by atoms with E-state index in [1.165, 1.54) is 12.8 Å². The average Bonchev–Trinajstić information content (AvgIpc) is 2.26. The molecule has 1 saturated heterocycles. The van der Waals surface area contributed by atoms with Crippen molar-refractivity contribution < 1.29 is 5.11 Å². The van der Waals surface area contributed by atoms with Gasteiger partial charge in [-0.25, -0.2) is 0 Å². The van der Waals surface area contributed by atoms with Crippen LogP contribution in [0.1, 0.15) is 26.2 Å². The third kappa shape index (κ3) is 5.45. The Bertz CT molecular complexity index is 217. The summed E-state index contributed by atoms with van der Waals surface area (Å²) in [5.41, 5.74) is 0. The van der Waals surface area contributed by atoms with Crippen molar-refractivity contribution in [3.63, 3.8) is 0 Å². The maximum absolute atomic E-state index is 9.29. The molecule has 0 bridgehead atoms. The van der Waals surface area contributed by atoms with Crippen molar-refractivity contribution in [3.05, 3.63) is 0 Å². The van der Waals surface area contributed by atoms with Crippen molar-refractivity contribution in [3.8, 4) is 6.07 Å². The lowest BCUT2D eigenvalue weighted by Crippen LogP contribution is -2.40. The first-order chi connectivity index (χ1) is 7.72. The summed E-state index contributed by atoms with van der Waals surface area (Å²) in [5.74, 6) is 0.740. The maximum Gasteiger partial charge on any atom is 0.0639 e. The van der Waals surface area contributed by atoms with Gasteiger partial charge in [-0.3, -0.25) is 0 Å². The fraction of sp³-hybridized carbons (Fsp3) is 0.917. The van der Waals surface area contributed by atoms with Crippen LogP contribution in [0.15, 0.2) is 0 Å². The van der Waals surface area contributed by atoms with Gasteiger partial charge in [0.25, 0.3) is 0 Å². The minimum Gasteiger partial charge on any atom is -0.392 e. The Morgan fingerprint density at radius 1 is 1.50 bits per heavy atom. The van der Waals surface area contributed by atoms with Crippen LogP contribution in [0, 0.1) is 17.2 Å². The van der Waals surface area contributed by atoms with Crippen molar-refractivity contribution in [2.24, 2.45) is 5.92 Å². The molecule has 0 aromatic rings. The number of hydrogen-bond acceptors (Lipinski definition) is 4. The van der Waals surface area contributed by atoms with Crippen molar-refractivity contribution >= 4 is 0 Å². The summed E-state index contributed by atoms with van der Waals surface area (Å²) in [6.07, 6.45) is 2.78. The Hall–Kier alpha value is -0.630. The first-order valence-corrected chi connectivity index (χ1v) is 6.20. The summed E-state index contributed by atoms with van der Waals surface area (Å²) >= 11 is 0. The molecule has 0 saturated carbocycles. The zero-order valence-electron chi connectivity index (χ0n) is 10.2. The van der Waals surface area contributed by atoms with E-state index in [0.29, 0.717) is 6.42 Å². The van der Waals surface area contributed by atoms with E-state index in [1.54, 1.807) is 0 Å². The van der Waals surface area contributed by atoms with E-state index in [9.17, 15) is 5.11 Å². The van der Waals surface area contributed by atoms with E-state index >= 15 is 0 Å². The van der Waals surface area contributed by atoms with Crippen molar-refractivity contribution in [2.45, 2.75) is 32.3 Å². The molecule has 1 atom stereocenters. The van der Waals surface area contributed by atoms with Gasteiger partial charge in [0.05, 0.1) is 12.2 Å². The molecule has 1 aliphatic rings. The second-order valence-electron chi connectivity index (χ2n) is 4.71. The first-order valence-electron chi connectivity index (χ1n) is 6.20. The van der Waals surface area contributed by atoms with Gasteiger partial charge < -0.3 is 15.3 Å². The highest BCUT2D eigenvalue weighted by Crippen LogP contribution is 2.16. The van der Waals surface area contributed by atoms with Crippen LogP contribution < -0.4 is 5.32 Å². The van der Waals surface area contributed by atoms with Crippen molar-refractivity contribution in [1.29, 1.82) is 5.26 Å². The predicted molar refractivity (Wildman–Crippen MR) is 63.9 cm³/mol. The Labute approximate surface area is 98.2 Å². The number of nitrogens with one attached hydrogen (secondary N) is 1. The number of piperidine rings is 1. The molecule has 1 fully saturated rings. The molecule has 2 N–H and O–H groups in total. The molecule has 0 spiro atoms. The molecule has 0 aromatic carbocycles. The molecule has 16 heavy (non-hydrogen) atoms. The van der Waals surface area contributed by atoms with E-state index in [-0.39, 0.29) is 6.10 Å². The summed E-state index contributed by atoms with van der Waals surface area (Å²) < 4.78 is 0. The Morgan fingerprint density at radius 3 is 2.75 bits per heavy atom. The number of aliphatic hydroxyl groups excluding tert-OH is 1. The van der Waals surface area contributed by atoms with Gasteiger partial charge in [0.1, 0.15) is 0 Å². The molecule has 0 aliphatic carbocycles. The van der Waals surface area contributed by atoms with E-state index in [2.05, 4.69) is 16.3 Å². The van der Waals surface area contributed by atoms with Crippen LogP contribution in [0.2, 0.25) is 0 Å². The lowest BCUT2D eigenvalue weighted by molar-refractivity contribution is 0.0999. The van der Waals surface area contributed by atoms with Crippen LogP contribution in [-0.2, 0) is 0 Å². The quantitative estimate of drug-likeness (QED) is 0.649. The lowest BCUT2D eigenvalue weighted by Gasteiger charge is -2.32. The van der Waals surface area contributed by atoms with Crippen LogP contribution in [0.4, 0.5) is 0 Å². The summed E-state index contributed by atoms with van der Waals surface area (Å²) in [4.78, 5) is 2.33. The maximum atomic E-state index is 9.29. The number of nitrogens with zero attached hydrogens (tertiary/aromatic N) is 2. The number of aliphatic hydroxyl groups is 1. The molecule has 1 rings (SSSR count). The van der Waals surface area contributed by atoms with Gasteiger partial charge in [0.2, 0.25) is 0 Å². The molecule has 0 aromatic heterocycles. The van der Waals surface area contributed by atoms with Gasteiger partial charge in [0, 0.05) is 19.5 Å². The Balaban J connectivity index is 2.06. The second-order valence-corrected chi connectivity index (χ2v) is 4.71. The molecular weight excluding hydrogens is 202 g/mol. The number of nitriles is 1. The van der Waals surface area contributed by atoms with Gasteiger partial charge in [0.15, 0.2) is 0 Å². The van der Waals surface area contributed by atoms with Gasteiger partial charge in [-0.15, -0.1) is 0 Å². The summed E-state index contributed by atoms with van der Waals surface area (Å²) in [7, 11) is 0. The number of β-amino-alcohol motifs (C(OH)–C–C–N with tert-alkyl or cyclic N) is 1. The highest BCUT2D eigenvalue weighted by atomic mass is 16.3. The predicted octanol–water partition coefficient (Wildman–Crippen LogP) is 0.582. The fourth-order valence-electron chi connectivity index (χ4n) is 2.20. The van der Waals surface area contributed by atoms with E-state index in [0.717, 1.165) is 38.6 Å². The molecule has 4 heteroatoms. The highest BCUT2D eigenvalue weighted by molar-refractivity contribution is 4.76. The average molecular weight is 225 g/mol. The minimum absolute atomic E-state index is 0.217. The van der Waals surface area contributed by atoms with Crippen LogP contribution in [-0.4, -0.2) is 48.8 Å². The molecule has 0 radical (unpaired) electrons. The molecule has 1 heterocycles. The van der Waals surface area contributed by atoms with E-state index in [4.69, 9.17) is 5.26 Å². The molecule has 4 nitrogen and oxygen atoms in total. The third-order valence-corrected chi connectivity index (χ3v) is 3.08. The van der Waals surface area contributed by atoms with Crippen LogP contribution >= 0.6 is 0 Å². The summed E-state index contributed by atoms with van der Waals surface area (Å²) in [5, 5.41) is 21.0.